The Kier molecular flexibility index (Phi) is 5.92. The number of aryl methyl sites for hydroxylation is 1. The molecule has 0 aliphatic carbocycles. The summed E-state index contributed by atoms with van der Waals surface area (Å²) >= 11 is 5.93. The topological polar surface area (TPSA) is 62.5 Å². The van der Waals surface area contributed by atoms with E-state index in [0.29, 0.717) is 29.8 Å². The average Bonchev–Trinajstić information content (AvgIpc) is 3.06. The Bertz CT molecular complexity index is 986. The first-order valence-corrected chi connectivity index (χ1v) is 10.1. The zero-order chi connectivity index (χ0) is 20.2. The van der Waals surface area contributed by atoms with Crippen LogP contribution < -0.4 is 0 Å². The minimum absolute atomic E-state index is 0.0957. The maximum Gasteiger partial charge on any atom is 0.253 e. The zero-order valence-electron chi connectivity index (χ0n) is 16.3. The Morgan fingerprint density at radius 1 is 1.10 bits per heavy atom. The smallest absolute Gasteiger partial charge is 0.253 e. The van der Waals surface area contributed by atoms with Gasteiger partial charge in [-0.1, -0.05) is 34.5 Å². The first-order valence-electron chi connectivity index (χ1n) is 9.75. The highest BCUT2D eigenvalue weighted by atomic mass is 35.5. The lowest BCUT2D eigenvalue weighted by molar-refractivity contribution is 0.0760. The first kappa shape index (κ1) is 19.6. The van der Waals surface area contributed by atoms with Crippen LogP contribution in [-0.4, -0.2) is 52.0 Å². The van der Waals surface area contributed by atoms with Gasteiger partial charge >= 0.3 is 0 Å². The van der Waals surface area contributed by atoms with Crippen LogP contribution >= 0.6 is 11.6 Å². The normalized spacial score (nSPS) is 15.3. The van der Waals surface area contributed by atoms with E-state index in [1.807, 2.05) is 60.4 Å². The first-order chi connectivity index (χ1) is 14.1. The molecule has 150 valence electrons. The lowest BCUT2D eigenvalue weighted by Gasteiger charge is -2.21. The Morgan fingerprint density at radius 3 is 2.72 bits per heavy atom. The number of benzene rings is 2. The van der Waals surface area contributed by atoms with Crippen LogP contribution in [0.3, 0.4) is 0 Å². The molecule has 6 nitrogen and oxygen atoms in total. The minimum Gasteiger partial charge on any atom is -0.338 e. The Labute approximate surface area is 175 Å². The van der Waals surface area contributed by atoms with Crippen molar-refractivity contribution in [1.29, 1.82) is 0 Å². The van der Waals surface area contributed by atoms with Crippen LogP contribution in [-0.2, 0) is 6.54 Å². The van der Waals surface area contributed by atoms with E-state index < -0.39 is 0 Å². The van der Waals surface area contributed by atoms with E-state index in [4.69, 9.17) is 16.1 Å². The predicted octanol–water partition coefficient (Wildman–Crippen LogP) is 4.05. The van der Waals surface area contributed by atoms with E-state index in [-0.39, 0.29) is 5.91 Å². The molecule has 1 amide bonds. The highest BCUT2D eigenvalue weighted by molar-refractivity contribution is 6.30. The van der Waals surface area contributed by atoms with Gasteiger partial charge in [-0.3, -0.25) is 9.69 Å². The maximum atomic E-state index is 12.8. The highest BCUT2D eigenvalue weighted by Crippen LogP contribution is 2.19. The average molecular weight is 411 g/mol. The van der Waals surface area contributed by atoms with Crippen LogP contribution in [0, 0.1) is 6.92 Å². The van der Waals surface area contributed by atoms with Crippen molar-refractivity contribution in [3.8, 4) is 11.4 Å². The standard InChI is InChI=1S/C22H23ClN4O2/c1-16-4-2-5-18(14-16)22(28)27-11-3-10-26(12-13-27)15-20-24-21(25-29-20)17-6-8-19(23)9-7-17/h2,4-9,14H,3,10-13,15H2,1H3. The van der Waals surface area contributed by atoms with E-state index in [0.717, 1.165) is 42.7 Å². The number of halogens is 1. The third-order valence-corrected chi connectivity index (χ3v) is 5.32. The molecule has 0 N–H and O–H groups in total. The molecule has 2 heterocycles. The highest BCUT2D eigenvalue weighted by Gasteiger charge is 2.21. The second-order valence-electron chi connectivity index (χ2n) is 7.31. The number of hydrogen-bond acceptors (Lipinski definition) is 5. The fraction of sp³-hybridized carbons (Fsp3) is 0.318. The van der Waals surface area contributed by atoms with Gasteiger partial charge in [0.2, 0.25) is 11.7 Å². The summed E-state index contributed by atoms with van der Waals surface area (Å²) in [7, 11) is 0. The molecular formula is C22H23ClN4O2. The SMILES string of the molecule is Cc1cccc(C(=O)N2CCCN(Cc3nc(-c4ccc(Cl)cc4)no3)CC2)c1. The van der Waals surface area contributed by atoms with Crippen molar-refractivity contribution in [3.63, 3.8) is 0 Å². The van der Waals surface area contributed by atoms with Gasteiger partial charge in [-0.05, 0) is 49.7 Å². The van der Waals surface area contributed by atoms with Crippen LogP contribution in [0.5, 0.6) is 0 Å². The van der Waals surface area contributed by atoms with Gasteiger partial charge in [0, 0.05) is 42.3 Å². The summed E-state index contributed by atoms with van der Waals surface area (Å²) in [5, 5.41) is 4.75. The van der Waals surface area contributed by atoms with E-state index in [1.54, 1.807) is 0 Å². The molecule has 0 spiro atoms. The molecule has 1 aromatic heterocycles. The van der Waals surface area contributed by atoms with Crippen molar-refractivity contribution in [3.05, 3.63) is 70.6 Å². The summed E-state index contributed by atoms with van der Waals surface area (Å²) in [6, 6.07) is 15.1. The van der Waals surface area contributed by atoms with Gasteiger partial charge in [-0.25, -0.2) is 0 Å². The van der Waals surface area contributed by atoms with Crippen molar-refractivity contribution < 1.29 is 9.32 Å². The minimum atomic E-state index is 0.0957. The number of nitrogens with zero attached hydrogens (tertiary/aromatic N) is 4. The fourth-order valence-corrected chi connectivity index (χ4v) is 3.65. The molecule has 1 fully saturated rings. The van der Waals surface area contributed by atoms with Crippen LogP contribution in [0.1, 0.15) is 28.2 Å². The van der Waals surface area contributed by atoms with Gasteiger partial charge in [-0.15, -0.1) is 0 Å². The molecule has 1 aliphatic heterocycles. The van der Waals surface area contributed by atoms with Crippen molar-refractivity contribution in [2.75, 3.05) is 26.2 Å². The number of aromatic nitrogens is 2. The van der Waals surface area contributed by atoms with Gasteiger partial charge in [-0.2, -0.15) is 4.98 Å². The van der Waals surface area contributed by atoms with Crippen LogP contribution in [0.15, 0.2) is 53.1 Å². The van der Waals surface area contributed by atoms with Crippen molar-refractivity contribution in [1.82, 2.24) is 19.9 Å². The van der Waals surface area contributed by atoms with Crippen molar-refractivity contribution >= 4 is 17.5 Å². The fourth-order valence-electron chi connectivity index (χ4n) is 3.52. The summed E-state index contributed by atoms with van der Waals surface area (Å²) < 4.78 is 5.43. The molecule has 0 radical (unpaired) electrons. The Balaban J connectivity index is 1.37. The summed E-state index contributed by atoms with van der Waals surface area (Å²) in [4.78, 5) is 21.5. The summed E-state index contributed by atoms with van der Waals surface area (Å²) in [6.07, 6.45) is 0.912. The summed E-state index contributed by atoms with van der Waals surface area (Å²) in [6.45, 7) is 5.68. The lowest BCUT2D eigenvalue weighted by Crippen LogP contribution is -2.35. The van der Waals surface area contributed by atoms with Gasteiger partial charge in [0.05, 0.1) is 6.54 Å². The zero-order valence-corrected chi connectivity index (χ0v) is 17.1. The van der Waals surface area contributed by atoms with E-state index in [2.05, 4.69) is 15.0 Å². The molecule has 0 unspecified atom stereocenters. The molecule has 7 heteroatoms. The largest absolute Gasteiger partial charge is 0.338 e. The van der Waals surface area contributed by atoms with Gasteiger partial charge in [0.25, 0.3) is 5.91 Å². The molecular weight excluding hydrogens is 388 g/mol. The van der Waals surface area contributed by atoms with E-state index in [1.165, 1.54) is 0 Å². The molecule has 1 aliphatic rings. The van der Waals surface area contributed by atoms with Crippen molar-refractivity contribution in [2.24, 2.45) is 0 Å². The number of carbonyl (C=O) groups is 1. The molecule has 0 bridgehead atoms. The van der Waals surface area contributed by atoms with Gasteiger partial charge < -0.3 is 9.42 Å². The summed E-state index contributed by atoms with van der Waals surface area (Å²) in [5.41, 5.74) is 2.72. The molecule has 1 saturated heterocycles. The van der Waals surface area contributed by atoms with Gasteiger partial charge in [0.1, 0.15) is 0 Å². The number of hydrogen-bond donors (Lipinski definition) is 0. The molecule has 0 atom stereocenters. The third kappa shape index (κ3) is 4.83. The Morgan fingerprint density at radius 2 is 1.93 bits per heavy atom. The van der Waals surface area contributed by atoms with E-state index in [9.17, 15) is 4.79 Å². The Hall–Kier alpha value is -2.70. The number of rotatable bonds is 4. The van der Waals surface area contributed by atoms with Crippen molar-refractivity contribution in [2.45, 2.75) is 19.9 Å². The molecule has 0 saturated carbocycles. The monoisotopic (exact) mass is 410 g/mol. The lowest BCUT2D eigenvalue weighted by atomic mass is 10.1. The quantitative estimate of drug-likeness (QED) is 0.649. The second kappa shape index (κ2) is 8.76. The second-order valence-corrected chi connectivity index (χ2v) is 7.75. The third-order valence-electron chi connectivity index (χ3n) is 5.07. The number of amides is 1. The predicted molar refractivity (Wildman–Crippen MR) is 112 cm³/mol. The van der Waals surface area contributed by atoms with Crippen LogP contribution in [0.25, 0.3) is 11.4 Å². The maximum absolute atomic E-state index is 12.8. The van der Waals surface area contributed by atoms with Crippen LogP contribution in [0.4, 0.5) is 0 Å². The summed E-state index contributed by atoms with van der Waals surface area (Å²) in [5.74, 6) is 1.23. The van der Waals surface area contributed by atoms with E-state index >= 15 is 0 Å². The molecule has 4 rings (SSSR count). The van der Waals surface area contributed by atoms with Gasteiger partial charge in [0.15, 0.2) is 0 Å². The van der Waals surface area contributed by atoms with Crippen LogP contribution in [0.2, 0.25) is 5.02 Å². The number of carbonyl (C=O) groups excluding carboxylic acids is 1. The molecule has 29 heavy (non-hydrogen) atoms. The molecule has 2 aromatic carbocycles. The molecule has 3 aromatic rings.